The summed E-state index contributed by atoms with van der Waals surface area (Å²) in [5.41, 5.74) is 4.31. The van der Waals surface area contributed by atoms with Gasteiger partial charge in [-0.1, -0.05) is 0 Å². The fourth-order valence-electron chi connectivity index (χ4n) is 3.53. The van der Waals surface area contributed by atoms with Crippen molar-refractivity contribution < 1.29 is 30.0 Å². The predicted molar refractivity (Wildman–Crippen MR) is 126 cm³/mol. The third-order valence-corrected chi connectivity index (χ3v) is 11.3. The van der Waals surface area contributed by atoms with Crippen LogP contribution in [-0.2, 0) is 25.7 Å². The van der Waals surface area contributed by atoms with Gasteiger partial charge in [0.25, 0.3) is 0 Å². The van der Waals surface area contributed by atoms with Crippen LogP contribution in [0, 0.1) is 20.8 Å². The topological polar surface area (TPSA) is 27.7 Å². The van der Waals surface area contributed by atoms with Crippen LogP contribution in [0.5, 0.6) is 17.2 Å². The average molecular weight is 504 g/mol. The van der Waals surface area contributed by atoms with Gasteiger partial charge >= 0.3 is 198 Å². The van der Waals surface area contributed by atoms with E-state index in [4.69, 9.17) is 8.44 Å². The molecule has 0 amide bonds. The Balaban J connectivity index is 1.83. The van der Waals surface area contributed by atoms with E-state index in [1.54, 1.807) is 0 Å². The van der Waals surface area contributed by atoms with E-state index in [-0.39, 0.29) is 0 Å². The number of aryl methyl sites for hydroxylation is 3. The fraction of sp³-hybridized carbons (Fsp3) is 0.143. The van der Waals surface area contributed by atoms with Crippen molar-refractivity contribution in [1.29, 1.82) is 0 Å². The molecule has 4 aromatic carbocycles. The normalized spacial score (nSPS) is 11.1. The molecule has 0 N–H and O–H groups in total. The summed E-state index contributed by atoms with van der Waals surface area (Å²) in [6, 6.07) is 34.5. The summed E-state index contributed by atoms with van der Waals surface area (Å²) in [4.78, 5) is 0. The second-order valence-electron chi connectivity index (χ2n) is 7.95. The van der Waals surface area contributed by atoms with Crippen LogP contribution in [0.25, 0.3) is 0 Å². The van der Waals surface area contributed by atoms with Crippen LogP contribution >= 0.6 is 0 Å². The number of benzene rings is 4. The van der Waals surface area contributed by atoms with E-state index < -0.39 is 21.6 Å². The predicted octanol–water partition coefficient (Wildman–Crippen LogP) is 7.25. The molecular weight excluding hydrogens is 476 g/mol. The van der Waals surface area contributed by atoms with Crippen LogP contribution in [0.3, 0.4) is 0 Å². The fourth-order valence-corrected chi connectivity index (χ4v) is 10.3. The van der Waals surface area contributed by atoms with Gasteiger partial charge in [-0.05, 0) is 0 Å². The first-order valence-electron chi connectivity index (χ1n) is 10.8. The third kappa shape index (κ3) is 5.50. The molecule has 0 aliphatic heterocycles. The summed E-state index contributed by atoms with van der Waals surface area (Å²) in [5.74, 6) is 2.42. The van der Waals surface area contributed by atoms with Gasteiger partial charge in [-0.25, -0.2) is 0 Å². The van der Waals surface area contributed by atoms with Crippen LogP contribution in [0.2, 0.25) is 0 Å². The Morgan fingerprint density at radius 2 is 0.812 bits per heavy atom. The average Bonchev–Trinajstić information content (AvgIpc) is 2.79. The molecule has 0 aliphatic carbocycles. The molecule has 0 aliphatic rings. The molecule has 4 heteroatoms. The van der Waals surface area contributed by atoms with Crippen LogP contribution < -0.4 is 8.44 Å². The minimum atomic E-state index is -4.35. The van der Waals surface area contributed by atoms with E-state index in [0.717, 1.165) is 39.5 Å². The second kappa shape index (κ2) is 10.2. The van der Waals surface area contributed by atoms with Gasteiger partial charge in [0.2, 0.25) is 0 Å². The van der Waals surface area contributed by atoms with Gasteiger partial charge < -0.3 is 0 Å². The molecule has 4 rings (SSSR count). The molecule has 0 saturated heterocycles. The number of para-hydroxylation sites is 3. The van der Waals surface area contributed by atoms with Crippen molar-refractivity contribution in [2.24, 2.45) is 0 Å². The molecule has 0 bridgehead atoms. The van der Waals surface area contributed by atoms with Gasteiger partial charge in [-0.2, -0.15) is 0 Å². The molecule has 162 valence electrons. The molecular formula is C28H28O3Zr. The Morgan fingerprint density at radius 1 is 0.469 bits per heavy atom. The Kier molecular flexibility index (Phi) is 7.12. The quantitative estimate of drug-likeness (QED) is 0.253. The summed E-state index contributed by atoms with van der Waals surface area (Å²) >= 11 is -4.35. The van der Waals surface area contributed by atoms with E-state index in [9.17, 15) is 0 Å². The van der Waals surface area contributed by atoms with Crippen molar-refractivity contribution in [1.82, 2.24) is 0 Å². The molecule has 0 fully saturated rings. The SMILES string of the molecule is Cc1ccccc1[O][Zr]([CH2]c1ccccc1)([O]c1ccccc1C)[O]c1ccccc1C. The van der Waals surface area contributed by atoms with Crippen molar-refractivity contribution in [3.8, 4) is 17.2 Å². The van der Waals surface area contributed by atoms with E-state index in [1.165, 1.54) is 0 Å². The maximum absolute atomic E-state index is 6.82. The number of rotatable bonds is 8. The molecule has 32 heavy (non-hydrogen) atoms. The van der Waals surface area contributed by atoms with Crippen LogP contribution in [0.1, 0.15) is 22.3 Å². The summed E-state index contributed by atoms with van der Waals surface area (Å²) in [6.45, 7) is 6.15. The van der Waals surface area contributed by atoms with Gasteiger partial charge in [-0.3, -0.25) is 0 Å². The number of hydrogen-bond acceptors (Lipinski definition) is 3. The number of hydrogen-bond donors (Lipinski definition) is 0. The van der Waals surface area contributed by atoms with Gasteiger partial charge in [-0.15, -0.1) is 0 Å². The van der Waals surface area contributed by atoms with E-state index in [0.29, 0.717) is 4.13 Å². The zero-order chi connectivity index (χ0) is 22.4. The van der Waals surface area contributed by atoms with Gasteiger partial charge in [0.15, 0.2) is 0 Å². The molecule has 0 saturated carbocycles. The summed E-state index contributed by atoms with van der Waals surface area (Å²) in [7, 11) is 0. The van der Waals surface area contributed by atoms with Crippen LogP contribution in [0.4, 0.5) is 0 Å². The molecule has 3 nitrogen and oxygen atoms in total. The maximum atomic E-state index is 6.82. The van der Waals surface area contributed by atoms with E-state index in [1.807, 2.05) is 72.8 Å². The van der Waals surface area contributed by atoms with Crippen molar-refractivity contribution in [2.75, 3.05) is 0 Å². The van der Waals surface area contributed by atoms with Crippen LogP contribution in [0.15, 0.2) is 103 Å². The molecule has 0 aromatic heterocycles. The molecule has 0 unspecified atom stereocenters. The summed E-state index contributed by atoms with van der Waals surface area (Å²) in [6.07, 6.45) is 0. The Bertz CT molecular complexity index is 1060. The first-order chi connectivity index (χ1) is 15.5. The molecule has 4 aromatic rings. The molecule has 0 spiro atoms. The third-order valence-electron chi connectivity index (χ3n) is 5.34. The van der Waals surface area contributed by atoms with E-state index in [2.05, 4.69) is 51.1 Å². The van der Waals surface area contributed by atoms with Crippen molar-refractivity contribution in [3.05, 3.63) is 125 Å². The van der Waals surface area contributed by atoms with Crippen molar-refractivity contribution >= 4 is 0 Å². The minimum absolute atomic E-state index is 0.604. The standard InChI is InChI=1S/3C7H8O.C7H7.Zr/c3*1-6-4-2-3-5-7(6)8;1-7-5-3-2-4-6-7;/h3*2-5,8H,1H3;2-6H,1H2;/q;;;;+3/p-3. The second-order valence-corrected chi connectivity index (χ2v) is 13.7. The Hall–Kier alpha value is -2.84. The summed E-state index contributed by atoms with van der Waals surface area (Å²) in [5, 5.41) is 0. The molecule has 0 radical (unpaired) electrons. The van der Waals surface area contributed by atoms with E-state index >= 15 is 0 Å². The van der Waals surface area contributed by atoms with Crippen molar-refractivity contribution in [3.63, 3.8) is 0 Å². The Morgan fingerprint density at radius 3 is 1.19 bits per heavy atom. The summed E-state index contributed by atoms with van der Waals surface area (Å²) < 4.78 is 21.1. The first-order valence-corrected chi connectivity index (χ1v) is 15.6. The van der Waals surface area contributed by atoms with Crippen molar-refractivity contribution in [2.45, 2.75) is 24.9 Å². The Labute approximate surface area is 196 Å². The van der Waals surface area contributed by atoms with Crippen LogP contribution in [-0.4, -0.2) is 0 Å². The van der Waals surface area contributed by atoms with Gasteiger partial charge in [0, 0.05) is 0 Å². The molecule has 0 heterocycles. The zero-order valence-corrected chi connectivity index (χ0v) is 21.2. The molecule has 0 atom stereocenters. The zero-order valence-electron chi connectivity index (χ0n) is 18.7. The van der Waals surface area contributed by atoms with Gasteiger partial charge in [0.05, 0.1) is 0 Å². The van der Waals surface area contributed by atoms with Gasteiger partial charge in [0.1, 0.15) is 0 Å². The monoisotopic (exact) mass is 502 g/mol. The first kappa shape index (κ1) is 22.4.